The number of hydrogen-bond donors (Lipinski definition) is 3. The van der Waals surface area contributed by atoms with E-state index in [1.54, 1.807) is 18.6 Å². The maximum atomic E-state index is 12.6. The summed E-state index contributed by atoms with van der Waals surface area (Å²) in [6, 6.07) is 1.15. The van der Waals surface area contributed by atoms with E-state index in [9.17, 15) is 19.2 Å². The topological polar surface area (TPSA) is 142 Å². The van der Waals surface area contributed by atoms with E-state index in [-0.39, 0.29) is 18.6 Å². The molecule has 1 aromatic rings. The first kappa shape index (κ1) is 29.1. The Balaban J connectivity index is 1.44. The zero-order valence-corrected chi connectivity index (χ0v) is 22.8. The number of carbonyl (C=O) groups is 4. The second-order valence-corrected chi connectivity index (χ2v) is 10.4. The lowest BCUT2D eigenvalue weighted by molar-refractivity contribution is -0.141. The number of pyridine rings is 1. The molecule has 3 N–H and O–H groups in total. The molecular weight excluding hydrogens is 490 g/mol. The summed E-state index contributed by atoms with van der Waals surface area (Å²) in [7, 11) is 0. The number of carbonyl (C=O) groups excluding carboxylic acids is 4. The van der Waals surface area contributed by atoms with Gasteiger partial charge in [0, 0.05) is 31.9 Å². The second-order valence-electron chi connectivity index (χ2n) is 10.4. The van der Waals surface area contributed by atoms with Crippen LogP contribution >= 0.6 is 0 Å². The lowest BCUT2D eigenvalue weighted by Gasteiger charge is -2.27. The molecular formula is C27H39N5O6. The fourth-order valence-corrected chi connectivity index (χ4v) is 4.16. The molecule has 2 aliphatic rings. The molecule has 0 bridgehead atoms. The largest absolute Gasteiger partial charge is 0.441 e. The van der Waals surface area contributed by atoms with E-state index in [1.165, 1.54) is 0 Å². The molecule has 3 rings (SSSR count). The number of aromatic nitrogens is 1. The van der Waals surface area contributed by atoms with Gasteiger partial charge in [0.25, 0.3) is 11.8 Å². The number of nitrogens with zero attached hydrogens (tertiary/aromatic N) is 2. The molecule has 3 amide bonds. The number of rotatable bonds is 13. The zero-order chi connectivity index (χ0) is 27.8. The van der Waals surface area contributed by atoms with Crippen LogP contribution in [0.4, 0.5) is 5.69 Å². The Bertz CT molecular complexity index is 1060. The van der Waals surface area contributed by atoms with Crippen LogP contribution in [-0.2, 0) is 35.1 Å². The maximum Gasteiger partial charge on any atom is 0.337 e. The Morgan fingerprint density at radius 1 is 1.11 bits per heavy atom. The van der Waals surface area contributed by atoms with E-state index >= 15 is 0 Å². The summed E-state index contributed by atoms with van der Waals surface area (Å²) in [4.78, 5) is 56.3. The Kier molecular flexibility index (Phi) is 10.2. The van der Waals surface area contributed by atoms with Crippen LogP contribution in [0.3, 0.4) is 0 Å². The molecule has 2 aliphatic heterocycles. The number of ether oxygens (including phenoxy) is 2. The Hall–Kier alpha value is -3.47. The van der Waals surface area contributed by atoms with Crippen LogP contribution in [0.5, 0.6) is 0 Å². The summed E-state index contributed by atoms with van der Waals surface area (Å²) < 4.78 is 10.5. The van der Waals surface area contributed by atoms with Crippen molar-refractivity contribution in [1.29, 1.82) is 0 Å². The second kappa shape index (κ2) is 13.4. The van der Waals surface area contributed by atoms with E-state index in [2.05, 4.69) is 34.8 Å². The molecule has 3 atom stereocenters. The van der Waals surface area contributed by atoms with Gasteiger partial charge in [0.15, 0.2) is 18.9 Å². The number of esters is 1. The lowest BCUT2D eigenvalue weighted by atomic mass is 10.0. The van der Waals surface area contributed by atoms with Gasteiger partial charge in [-0.1, -0.05) is 27.7 Å². The van der Waals surface area contributed by atoms with Crippen molar-refractivity contribution in [3.8, 4) is 0 Å². The fraction of sp³-hybridized carbons (Fsp3) is 0.593. The van der Waals surface area contributed by atoms with E-state index in [1.807, 2.05) is 31.7 Å². The van der Waals surface area contributed by atoms with Crippen molar-refractivity contribution >= 4 is 29.4 Å². The summed E-state index contributed by atoms with van der Waals surface area (Å²) >= 11 is 0. The summed E-state index contributed by atoms with van der Waals surface area (Å²) in [6.07, 6.45) is 4.87. The third-order valence-corrected chi connectivity index (χ3v) is 6.31. The van der Waals surface area contributed by atoms with Crippen LogP contribution in [0, 0.1) is 11.8 Å². The fourth-order valence-electron chi connectivity index (χ4n) is 4.16. The quantitative estimate of drug-likeness (QED) is 0.198. The monoisotopic (exact) mass is 529 g/mol. The van der Waals surface area contributed by atoms with Gasteiger partial charge in [-0.2, -0.15) is 0 Å². The Labute approximate surface area is 223 Å². The van der Waals surface area contributed by atoms with Crippen LogP contribution in [0.1, 0.15) is 53.0 Å². The van der Waals surface area contributed by atoms with E-state index in [4.69, 9.17) is 9.47 Å². The number of hydrogen-bond acceptors (Lipinski definition) is 8. The van der Waals surface area contributed by atoms with Gasteiger partial charge in [0.1, 0.15) is 6.04 Å². The van der Waals surface area contributed by atoms with Crippen LogP contribution in [0.2, 0.25) is 0 Å². The molecule has 3 heterocycles. The van der Waals surface area contributed by atoms with Crippen LogP contribution in [0.25, 0.3) is 0 Å². The van der Waals surface area contributed by atoms with Crippen molar-refractivity contribution < 1.29 is 28.7 Å². The summed E-state index contributed by atoms with van der Waals surface area (Å²) in [5.74, 6) is -1.25. The first-order valence-electron chi connectivity index (χ1n) is 13.2. The van der Waals surface area contributed by atoms with Crippen molar-refractivity contribution in [3.05, 3.63) is 35.8 Å². The van der Waals surface area contributed by atoms with E-state index in [0.29, 0.717) is 37.4 Å². The molecule has 0 spiro atoms. The van der Waals surface area contributed by atoms with Crippen molar-refractivity contribution in [2.45, 2.75) is 72.1 Å². The Morgan fingerprint density at radius 3 is 2.53 bits per heavy atom. The van der Waals surface area contributed by atoms with Gasteiger partial charge in [-0.3, -0.25) is 19.4 Å². The van der Waals surface area contributed by atoms with Crippen molar-refractivity contribution in [1.82, 2.24) is 20.9 Å². The van der Waals surface area contributed by atoms with Crippen LogP contribution < -0.4 is 20.9 Å². The lowest BCUT2D eigenvalue weighted by Crippen LogP contribution is -2.49. The number of anilines is 1. The van der Waals surface area contributed by atoms with Crippen molar-refractivity contribution in [2.24, 2.45) is 11.8 Å². The SMILES string of the molecule is CCN1C=C(C(=O)OCNC(=O)[C@@H]2O[C@H]2C(=O)N[C@H](CC(C)C)C(=O)NCCC(C)C)Cc2ccncc21. The summed E-state index contributed by atoms with van der Waals surface area (Å²) in [5.41, 5.74) is 2.37. The average Bonchev–Trinajstić information content (AvgIpc) is 3.68. The molecule has 0 aromatic carbocycles. The highest BCUT2D eigenvalue weighted by atomic mass is 16.6. The molecule has 11 nitrogen and oxygen atoms in total. The van der Waals surface area contributed by atoms with E-state index in [0.717, 1.165) is 17.7 Å². The zero-order valence-electron chi connectivity index (χ0n) is 22.8. The van der Waals surface area contributed by atoms with Gasteiger partial charge in [0.05, 0.1) is 17.5 Å². The molecule has 1 saturated heterocycles. The summed E-state index contributed by atoms with van der Waals surface area (Å²) in [6.45, 7) is 10.9. The standard InChI is InChI=1S/C27H39N5O6/c1-6-32-14-19(12-18-8-9-28-13-21(18)32)27(36)37-15-30-25(34)22-23(38-22)26(35)31-20(11-17(4)5)24(33)29-10-7-16(2)3/h8-9,13-14,16-17,20,22-23H,6-7,10-12,15H2,1-5H3,(H,29,33)(H,30,34)(H,31,35)/t20-,22-,23-/m1/s1. The third kappa shape index (κ3) is 8.01. The van der Waals surface area contributed by atoms with E-state index < -0.39 is 36.0 Å². The van der Waals surface area contributed by atoms with Gasteiger partial charge in [-0.25, -0.2) is 4.79 Å². The van der Waals surface area contributed by atoms with Crippen molar-refractivity contribution in [3.63, 3.8) is 0 Å². The minimum absolute atomic E-state index is 0.180. The highest BCUT2D eigenvalue weighted by molar-refractivity contribution is 5.97. The molecule has 1 fully saturated rings. The van der Waals surface area contributed by atoms with Gasteiger partial charge in [-0.15, -0.1) is 0 Å². The van der Waals surface area contributed by atoms with Gasteiger partial charge in [0.2, 0.25) is 5.91 Å². The maximum absolute atomic E-state index is 12.6. The summed E-state index contributed by atoms with van der Waals surface area (Å²) in [5, 5.41) is 8.05. The first-order valence-corrected chi connectivity index (χ1v) is 13.2. The van der Waals surface area contributed by atoms with Gasteiger partial charge in [-0.05, 0) is 43.2 Å². The predicted octanol–water partition coefficient (Wildman–Crippen LogP) is 1.43. The van der Waals surface area contributed by atoms with Crippen LogP contribution in [0.15, 0.2) is 30.2 Å². The number of nitrogens with one attached hydrogen (secondary N) is 3. The van der Waals surface area contributed by atoms with Gasteiger partial charge < -0.3 is 30.3 Å². The normalized spacial score (nSPS) is 18.8. The molecule has 11 heteroatoms. The molecule has 0 radical (unpaired) electrons. The highest BCUT2D eigenvalue weighted by Crippen LogP contribution is 2.28. The molecule has 1 aromatic heterocycles. The minimum Gasteiger partial charge on any atom is -0.441 e. The first-order chi connectivity index (χ1) is 18.1. The predicted molar refractivity (Wildman–Crippen MR) is 141 cm³/mol. The molecule has 0 unspecified atom stereocenters. The third-order valence-electron chi connectivity index (χ3n) is 6.31. The number of amides is 3. The van der Waals surface area contributed by atoms with Gasteiger partial charge >= 0.3 is 5.97 Å². The Morgan fingerprint density at radius 2 is 1.84 bits per heavy atom. The van der Waals surface area contributed by atoms with Crippen molar-refractivity contribution in [2.75, 3.05) is 24.7 Å². The average molecular weight is 530 g/mol. The molecule has 0 aliphatic carbocycles. The number of epoxide rings is 1. The highest BCUT2D eigenvalue weighted by Gasteiger charge is 2.51. The minimum atomic E-state index is -0.999. The van der Waals surface area contributed by atoms with Crippen LogP contribution in [-0.4, -0.2) is 66.7 Å². The molecule has 208 valence electrons. The molecule has 0 saturated carbocycles. The molecule has 38 heavy (non-hydrogen) atoms. The number of fused-ring (bicyclic) bond motifs is 1. The smallest absolute Gasteiger partial charge is 0.337 e.